The van der Waals surface area contributed by atoms with Crippen LogP contribution >= 0.6 is 11.6 Å². The lowest BCUT2D eigenvalue weighted by molar-refractivity contribution is -0.117. The zero-order chi connectivity index (χ0) is 9.84. The molecule has 0 fully saturated rings. The van der Waals surface area contributed by atoms with E-state index in [4.69, 9.17) is 11.6 Å². The van der Waals surface area contributed by atoms with Crippen molar-refractivity contribution in [1.29, 1.82) is 0 Å². The molecule has 1 unspecified atom stereocenters. The van der Waals surface area contributed by atoms with Crippen molar-refractivity contribution in [3.63, 3.8) is 0 Å². The van der Waals surface area contributed by atoms with Gasteiger partial charge in [-0.3, -0.25) is 4.79 Å². The van der Waals surface area contributed by atoms with Crippen LogP contribution in [0, 0.1) is 6.92 Å². The third kappa shape index (κ3) is 3.19. The maximum Gasteiger partial charge on any atom is 0.131 e. The molecular formula is C11H13ClO. The molecule has 0 aliphatic carbocycles. The summed E-state index contributed by atoms with van der Waals surface area (Å²) in [6.07, 6.45) is 0.407. The van der Waals surface area contributed by atoms with Crippen molar-refractivity contribution < 1.29 is 4.79 Å². The van der Waals surface area contributed by atoms with Crippen LogP contribution in [0.25, 0.3) is 0 Å². The van der Waals surface area contributed by atoms with Gasteiger partial charge in [-0.25, -0.2) is 0 Å². The number of halogens is 1. The lowest BCUT2D eigenvalue weighted by atomic mass is 10.1. The molecule has 0 aromatic heterocycles. The van der Waals surface area contributed by atoms with E-state index in [1.165, 1.54) is 5.56 Å². The second-order valence-corrected chi connectivity index (χ2v) is 3.81. The van der Waals surface area contributed by atoms with Gasteiger partial charge in [0.25, 0.3) is 0 Å². The number of benzene rings is 1. The highest BCUT2D eigenvalue weighted by atomic mass is 35.5. The first-order valence-corrected chi connectivity index (χ1v) is 4.73. The summed E-state index contributed by atoms with van der Waals surface area (Å²) in [5.41, 5.74) is 2.22. The molecule has 0 spiro atoms. The van der Waals surface area contributed by atoms with E-state index in [2.05, 4.69) is 0 Å². The normalized spacial score (nSPS) is 12.5. The number of rotatable bonds is 3. The van der Waals surface area contributed by atoms with Crippen molar-refractivity contribution in [2.45, 2.75) is 25.6 Å². The van der Waals surface area contributed by atoms with Gasteiger partial charge in [-0.2, -0.15) is 0 Å². The summed E-state index contributed by atoms with van der Waals surface area (Å²) in [5, 5.41) is -0.182. The Morgan fingerprint density at radius 1 is 1.38 bits per heavy atom. The summed E-state index contributed by atoms with van der Waals surface area (Å²) >= 11 is 6.03. The van der Waals surface area contributed by atoms with Crippen LogP contribution in [0.3, 0.4) is 0 Å². The van der Waals surface area contributed by atoms with Crippen molar-refractivity contribution in [2.75, 3.05) is 0 Å². The van der Waals surface area contributed by atoms with Gasteiger partial charge in [-0.05, 0) is 19.4 Å². The first-order valence-electron chi connectivity index (χ1n) is 4.29. The Morgan fingerprint density at radius 2 is 1.92 bits per heavy atom. The predicted octanol–water partition coefficient (Wildman–Crippen LogP) is 3.25. The quantitative estimate of drug-likeness (QED) is 0.679. The van der Waals surface area contributed by atoms with Gasteiger partial charge in [0.2, 0.25) is 0 Å². The number of alkyl halides is 1. The molecule has 0 radical (unpaired) electrons. The topological polar surface area (TPSA) is 17.1 Å². The van der Waals surface area contributed by atoms with Gasteiger partial charge in [0.15, 0.2) is 0 Å². The summed E-state index contributed by atoms with van der Waals surface area (Å²) in [5.74, 6) is 0.126. The lowest BCUT2D eigenvalue weighted by Crippen LogP contribution is -1.97. The molecule has 2 heteroatoms. The highest BCUT2D eigenvalue weighted by Crippen LogP contribution is 2.24. The fraction of sp³-hybridized carbons (Fsp3) is 0.364. The molecule has 0 saturated carbocycles. The SMILES string of the molecule is CC(=O)CC(Cl)c1ccc(C)cc1. The molecule has 13 heavy (non-hydrogen) atoms. The monoisotopic (exact) mass is 196 g/mol. The van der Waals surface area contributed by atoms with Crippen molar-refractivity contribution in [2.24, 2.45) is 0 Å². The molecule has 1 nitrogen and oxygen atoms in total. The summed E-state index contributed by atoms with van der Waals surface area (Å²) in [6.45, 7) is 3.58. The molecule has 0 bridgehead atoms. The average Bonchev–Trinajstić information content (AvgIpc) is 2.04. The van der Waals surface area contributed by atoms with Crippen LogP contribution in [0.2, 0.25) is 0 Å². The number of carbonyl (C=O) groups is 1. The lowest BCUT2D eigenvalue weighted by Gasteiger charge is -2.07. The Hall–Kier alpha value is -0.820. The van der Waals surface area contributed by atoms with Gasteiger partial charge in [0.05, 0.1) is 5.38 Å². The van der Waals surface area contributed by atoms with Gasteiger partial charge in [-0.1, -0.05) is 29.8 Å². The van der Waals surface area contributed by atoms with Crippen molar-refractivity contribution >= 4 is 17.4 Å². The maximum atomic E-state index is 10.8. The minimum absolute atomic E-state index is 0.126. The van der Waals surface area contributed by atoms with E-state index < -0.39 is 0 Å². The summed E-state index contributed by atoms with van der Waals surface area (Å²) < 4.78 is 0. The fourth-order valence-electron chi connectivity index (χ4n) is 1.15. The number of carbonyl (C=O) groups excluding carboxylic acids is 1. The summed E-state index contributed by atoms with van der Waals surface area (Å²) in [4.78, 5) is 10.8. The molecule has 0 amide bonds. The number of hydrogen-bond donors (Lipinski definition) is 0. The Labute approximate surface area is 83.7 Å². The highest BCUT2D eigenvalue weighted by molar-refractivity contribution is 6.21. The smallest absolute Gasteiger partial charge is 0.131 e. The van der Waals surface area contributed by atoms with Crippen molar-refractivity contribution in [3.8, 4) is 0 Å². The summed E-state index contributed by atoms with van der Waals surface area (Å²) in [6, 6.07) is 7.95. The van der Waals surface area contributed by atoms with Crippen LogP contribution in [0.15, 0.2) is 24.3 Å². The van der Waals surface area contributed by atoms with E-state index >= 15 is 0 Å². The van der Waals surface area contributed by atoms with E-state index in [1.807, 2.05) is 31.2 Å². The van der Waals surface area contributed by atoms with E-state index in [0.29, 0.717) is 6.42 Å². The Bertz CT molecular complexity index is 289. The predicted molar refractivity (Wildman–Crippen MR) is 55.1 cm³/mol. The molecule has 0 N–H and O–H groups in total. The van der Waals surface area contributed by atoms with Crippen LogP contribution in [-0.4, -0.2) is 5.78 Å². The van der Waals surface area contributed by atoms with Crippen LogP contribution in [-0.2, 0) is 4.79 Å². The Balaban J connectivity index is 2.71. The zero-order valence-corrected chi connectivity index (χ0v) is 8.64. The second kappa shape index (κ2) is 4.43. The minimum atomic E-state index is -0.182. The molecule has 1 aromatic carbocycles. The Morgan fingerprint density at radius 3 is 2.38 bits per heavy atom. The van der Waals surface area contributed by atoms with Crippen molar-refractivity contribution in [1.82, 2.24) is 0 Å². The van der Waals surface area contributed by atoms with Crippen LogP contribution < -0.4 is 0 Å². The molecule has 0 heterocycles. The zero-order valence-electron chi connectivity index (χ0n) is 7.88. The van der Waals surface area contributed by atoms with Crippen LogP contribution in [0.5, 0.6) is 0 Å². The van der Waals surface area contributed by atoms with Gasteiger partial charge in [0.1, 0.15) is 5.78 Å². The number of ketones is 1. The molecule has 70 valence electrons. The van der Waals surface area contributed by atoms with E-state index in [-0.39, 0.29) is 11.2 Å². The van der Waals surface area contributed by atoms with Gasteiger partial charge in [0, 0.05) is 6.42 Å². The van der Waals surface area contributed by atoms with E-state index in [1.54, 1.807) is 6.92 Å². The van der Waals surface area contributed by atoms with Crippen LogP contribution in [0.1, 0.15) is 29.8 Å². The number of aryl methyl sites for hydroxylation is 1. The van der Waals surface area contributed by atoms with Gasteiger partial charge < -0.3 is 0 Å². The highest BCUT2D eigenvalue weighted by Gasteiger charge is 2.09. The fourth-order valence-corrected chi connectivity index (χ4v) is 1.51. The average molecular weight is 197 g/mol. The largest absolute Gasteiger partial charge is 0.300 e. The molecule has 1 aromatic rings. The molecule has 0 saturated heterocycles. The number of Topliss-reactive ketones (excluding diaryl/α,β-unsaturated/α-hetero) is 1. The van der Waals surface area contributed by atoms with Gasteiger partial charge in [-0.15, -0.1) is 11.6 Å². The first kappa shape index (κ1) is 10.3. The first-order chi connectivity index (χ1) is 6.09. The standard InChI is InChI=1S/C11H13ClO/c1-8-3-5-10(6-4-8)11(12)7-9(2)13/h3-6,11H,7H2,1-2H3. The molecule has 0 aliphatic rings. The maximum absolute atomic E-state index is 10.8. The third-order valence-electron chi connectivity index (χ3n) is 1.91. The molecule has 0 aliphatic heterocycles. The van der Waals surface area contributed by atoms with Gasteiger partial charge >= 0.3 is 0 Å². The third-order valence-corrected chi connectivity index (χ3v) is 2.31. The molecule has 1 rings (SSSR count). The second-order valence-electron chi connectivity index (χ2n) is 3.28. The van der Waals surface area contributed by atoms with Crippen molar-refractivity contribution in [3.05, 3.63) is 35.4 Å². The van der Waals surface area contributed by atoms with E-state index in [9.17, 15) is 4.79 Å². The summed E-state index contributed by atoms with van der Waals surface area (Å²) in [7, 11) is 0. The minimum Gasteiger partial charge on any atom is -0.300 e. The van der Waals surface area contributed by atoms with E-state index in [0.717, 1.165) is 5.56 Å². The molecular weight excluding hydrogens is 184 g/mol. The van der Waals surface area contributed by atoms with Crippen LogP contribution in [0.4, 0.5) is 0 Å². The Kier molecular flexibility index (Phi) is 3.49. The number of hydrogen-bond acceptors (Lipinski definition) is 1. The molecule has 1 atom stereocenters.